The third-order valence-corrected chi connectivity index (χ3v) is 8.62. The quantitative estimate of drug-likeness (QED) is 0.556. The molecule has 2 aromatic rings. The Morgan fingerprint density at radius 2 is 1.67 bits per heavy atom. The Balaban J connectivity index is 1.54. The van der Waals surface area contributed by atoms with Crippen LogP contribution in [-0.4, -0.2) is 55.8 Å². The van der Waals surface area contributed by atoms with E-state index in [0.29, 0.717) is 28.8 Å². The van der Waals surface area contributed by atoms with Gasteiger partial charge in [-0.25, -0.2) is 8.42 Å². The monoisotopic (exact) mass is 510 g/mol. The first kappa shape index (κ1) is 24.3. The number of hydrogen-bond acceptors (Lipinski definition) is 4. The standard InChI is InChI=1S/C24H28Cl2N2O4S/c25-19-6-4-8-21(15-19)32-23-10-13-28(33(30,31)22-9-5-7-20(26)16-22)17-18(23)14-24(29)27-11-2-1-3-12-27/h4-9,15-16,18,23H,1-3,10-14,17H2/t18-,23-/m0/s1. The van der Waals surface area contributed by atoms with Gasteiger partial charge >= 0.3 is 0 Å². The number of halogens is 2. The lowest BCUT2D eigenvalue weighted by atomic mass is 9.91. The maximum Gasteiger partial charge on any atom is 0.243 e. The Morgan fingerprint density at radius 3 is 2.36 bits per heavy atom. The van der Waals surface area contributed by atoms with E-state index < -0.39 is 10.0 Å². The highest BCUT2D eigenvalue weighted by Crippen LogP contribution is 2.31. The molecule has 0 bridgehead atoms. The van der Waals surface area contributed by atoms with Crippen LogP contribution < -0.4 is 4.74 Å². The summed E-state index contributed by atoms with van der Waals surface area (Å²) >= 11 is 12.1. The molecule has 0 radical (unpaired) electrons. The van der Waals surface area contributed by atoms with Gasteiger partial charge < -0.3 is 9.64 Å². The summed E-state index contributed by atoms with van der Waals surface area (Å²) < 4.78 is 34.3. The van der Waals surface area contributed by atoms with Crippen LogP contribution in [0.25, 0.3) is 0 Å². The third-order valence-electron chi connectivity index (χ3n) is 6.29. The van der Waals surface area contributed by atoms with Gasteiger partial charge in [-0.3, -0.25) is 4.79 Å². The number of rotatable bonds is 6. The molecular formula is C24H28Cl2N2O4S. The fraction of sp³-hybridized carbons (Fsp3) is 0.458. The number of amides is 1. The van der Waals surface area contributed by atoms with E-state index in [-0.39, 0.29) is 35.8 Å². The van der Waals surface area contributed by atoms with Crippen LogP contribution in [0.1, 0.15) is 32.1 Å². The van der Waals surface area contributed by atoms with E-state index in [2.05, 4.69) is 0 Å². The first-order chi connectivity index (χ1) is 15.8. The number of carbonyl (C=O) groups excluding carboxylic acids is 1. The van der Waals surface area contributed by atoms with Crippen molar-refractivity contribution in [1.29, 1.82) is 0 Å². The van der Waals surface area contributed by atoms with E-state index in [9.17, 15) is 13.2 Å². The fourth-order valence-electron chi connectivity index (χ4n) is 4.54. The van der Waals surface area contributed by atoms with Gasteiger partial charge in [-0.15, -0.1) is 0 Å². The van der Waals surface area contributed by atoms with Crippen molar-refractivity contribution in [3.63, 3.8) is 0 Å². The highest BCUT2D eigenvalue weighted by Gasteiger charge is 2.38. The topological polar surface area (TPSA) is 66.9 Å². The van der Waals surface area contributed by atoms with E-state index in [1.165, 1.54) is 10.4 Å². The molecule has 9 heteroatoms. The molecule has 0 aromatic heterocycles. The normalized spacial score (nSPS) is 22.2. The molecule has 2 aromatic carbocycles. The van der Waals surface area contributed by atoms with Gasteiger partial charge in [0.25, 0.3) is 0 Å². The average Bonchev–Trinajstić information content (AvgIpc) is 2.80. The van der Waals surface area contributed by atoms with Crippen molar-refractivity contribution in [2.24, 2.45) is 5.92 Å². The minimum atomic E-state index is -3.73. The molecule has 33 heavy (non-hydrogen) atoms. The summed E-state index contributed by atoms with van der Waals surface area (Å²) in [5.41, 5.74) is 0. The lowest BCUT2D eigenvalue weighted by molar-refractivity contribution is -0.134. The van der Waals surface area contributed by atoms with Crippen LogP contribution in [0.15, 0.2) is 53.4 Å². The van der Waals surface area contributed by atoms with Gasteiger partial charge in [0.1, 0.15) is 11.9 Å². The molecule has 2 fully saturated rings. The predicted molar refractivity (Wildman–Crippen MR) is 129 cm³/mol. The number of ether oxygens (including phenoxy) is 1. The number of sulfonamides is 1. The number of carbonyl (C=O) groups is 1. The van der Waals surface area contributed by atoms with Crippen molar-refractivity contribution >= 4 is 39.1 Å². The molecule has 178 valence electrons. The Bertz CT molecular complexity index is 1090. The smallest absolute Gasteiger partial charge is 0.243 e. The van der Waals surface area contributed by atoms with Crippen molar-refractivity contribution in [2.45, 2.75) is 43.1 Å². The maximum atomic E-state index is 13.3. The van der Waals surface area contributed by atoms with Crippen molar-refractivity contribution in [2.75, 3.05) is 26.2 Å². The van der Waals surface area contributed by atoms with Crippen LogP contribution in [0.3, 0.4) is 0 Å². The summed E-state index contributed by atoms with van der Waals surface area (Å²) in [5.74, 6) is 0.400. The van der Waals surface area contributed by atoms with Crippen LogP contribution in [0, 0.1) is 5.92 Å². The predicted octanol–water partition coefficient (Wildman–Crippen LogP) is 4.85. The molecule has 0 saturated carbocycles. The zero-order valence-electron chi connectivity index (χ0n) is 18.3. The minimum absolute atomic E-state index is 0.0568. The molecule has 2 saturated heterocycles. The van der Waals surface area contributed by atoms with Gasteiger partial charge in [-0.2, -0.15) is 4.31 Å². The van der Waals surface area contributed by atoms with Crippen LogP contribution in [-0.2, 0) is 14.8 Å². The van der Waals surface area contributed by atoms with Crippen molar-refractivity contribution < 1.29 is 17.9 Å². The van der Waals surface area contributed by atoms with Gasteiger partial charge in [0.05, 0.1) is 4.90 Å². The summed E-state index contributed by atoms with van der Waals surface area (Å²) in [6.07, 6.45) is 3.58. The van der Waals surface area contributed by atoms with E-state index in [4.69, 9.17) is 27.9 Å². The average molecular weight is 511 g/mol. The van der Waals surface area contributed by atoms with Crippen LogP contribution in [0.4, 0.5) is 0 Å². The van der Waals surface area contributed by atoms with Crippen LogP contribution in [0.5, 0.6) is 5.75 Å². The van der Waals surface area contributed by atoms with Gasteiger partial charge in [-0.05, 0) is 62.1 Å². The number of hydrogen-bond donors (Lipinski definition) is 0. The van der Waals surface area contributed by atoms with E-state index in [1.54, 1.807) is 30.3 Å². The molecule has 2 heterocycles. The Labute approximate surface area is 205 Å². The molecule has 2 atom stereocenters. The molecule has 4 rings (SSSR count). The zero-order valence-corrected chi connectivity index (χ0v) is 20.7. The Hall–Kier alpha value is -1.80. The summed E-state index contributed by atoms with van der Waals surface area (Å²) in [6.45, 7) is 2.03. The summed E-state index contributed by atoms with van der Waals surface area (Å²) in [4.78, 5) is 15.1. The largest absolute Gasteiger partial charge is 0.490 e. The third kappa shape index (κ3) is 6.01. The van der Waals surface area contributed by atoms with Crippen LogP contribution in [0.2, 0.25) is 10.0 Å². The molecule has 6 nitrogen and oxygen atoms in total. The first-order valence-corrected chi connectivity index (χ1v) is 13.5. The molecule has 1 amide bonds. The molecule has 0 spiro atoms. The van der Waals surface area contributed by atoms with E-state index in [1.807, 2.05) is 17.0 Å². The Kier molecular flexibility index (Phi) is 7.84. The lowest BCUT2D eigenvalue weighted by Crippen LogP contribution is -2.49. The van der Waals surface area contributed by atoms with Crippen molar-refractivity contribution in [3.05, 3.63) is 58.6 Å². The molecule has 0 N–H and O–H groups in total. The highest BCUT2D eigenvalue weighted by atomic mass is 35.5. The lowest BCUT2D eigenvalue weighted by Gasteiger charge is -2.38. The Morgan fingerprint density at radius 1 is 0.970 bits per heavy atom. The van der Waals surface area contributed by atoms with E-state index >= 15 is 0 Å². The minimum Gasteiger partial charge on any atom is -0.490 e. The molecule has 0 unspecified atom stereocenters. The molecule has 0 aliphatic carbocycles. The van der Waals surface area contributed by atoms with Gasteiger partial charge in [0.2, 0.25) is 15.9 Å². The second-order valence-corrected chi connectivity index (χ2v) is 11.4. The van der Waals surface area contributed by atoms with E-state index in [0.717, 1.165) is 32.4 Å². The first-order valence-electron chi connectivity index (χ1n) is 11.3. The molecule has 2 aliphatic heterocycles. The maximum absolute atomic E-state index is 13.3. The van der Waals surface area contributed by atoms with Gasteiger partial charge in [-0.1, -0.05) is 35.3 Å². The molecule has 2 aliphatic rings. The van der Waals surface area contributed by atoms with Crippen molar-refractivity contribution in [3.8, 4) is 5.75 Å². The number of benzene rings is 2. The van der Waals surface area contributed by atoms with Crippen LogP contribution >= 0.6 is 23.2 Å². The summed E-state index contributed by atoms with van der Waals surface area (Å²) in [5, 5.41) is 0.932. The second-order valence-electron chi connectivity index (χ2n) is 8.63. The van der Waals surface area contributed by atoms with Crippen molar-refractivity contribution in [1.82, 2.24) is 9.21 Å². The highest BCUT2D eigenvalue weighted by molar-refractivity contribution is 7.89. The number of piperidine rings is 2. The van der Waals surface area contributed by atoms with Gasteiger partial charge in [0, 0.05) is 48.6 Å². The SMILES string of the molecule is O=C(C[C@H]1CN(S(=O)(=O)c2cccc(Cl)c2)CC[C@@H]1Oc1cccc(Cl)c1)N1CCCCC1. The summed E-state index contributed by atoms with van der Waals surface area (Å²) in [7, 11) is -3.73. The number of nitrogens with zero attached hydrogens (tertiary/aromatic N) is 2. The van der Waals surface area contributed by atoms with Gasteiger partial charge in [0.15, 0.2) is 0 Å². The summed E-state index contributed by atoms with van der Waals surface area (Å²) in [6, 6.07) is 13.4. The zero-order chi connectivity index (χ0) is 23.4. The second kappa shape index (κ2) is 10.6. The fourth-order valence-corrected chi connectivity index (χ4v) is 6.53. The number of likely N-dealkylation sites (tertiary alicyclic amines) is 1. The molecular weight excluding hydrogens is 483 g/mol.